The molecule has 0 aliphatic carbocycles. The number of hydrogen-bond acceptors (Lipinski definition) is 2. The van der Waals surface area contributed by atoms with Crippen LogP contribution in [0, 0.1) is 11.6 Å². The number of halogens is 2. The quantitative estimate of drug-likeness (QED) is 0.727. The summed E-state index contributed by atoms with van der Waals surface area (Å²) in [5.41, 5.74) is 2.99. The lowest BCUT2D eigenvalue weighted by molar-refractivity contribution is 0.468. The highest BCUT2D eigenvalue weighted by Crippen LogP contribution is 2.33. The van der Waals surface area contributed by atoms with Crippen LogP contribution >= 0.6 is 0 Å². The molecule has 0 spiro atoms. The fourth-order valence-electron chi connectivity index (χ4n) is 3.42. The van der Waals surface area contributed by atoms with E-state index in [1.807, 2.05) is 24.7 Å². The predicted molar refractivity (Wildman–Crippen MR) is 88.8 cm³/mol. The number of para-hydroxylation sites is 1. The Balaban J connectivity index is 1.67. The van der Waals surface area contributed by atoms with Crippen LogP contribution in [0.15, 0.2) is 61.2 Å². The van der Waals surface area contributed by atoms with E-state index < -0.39 is 11.6 Å². The summed E-state index contributed by atoms with van der Waals surface area (Å²) in [5.74, 6) is -1.08. The number of hydrogen-bond donors (Lipinski definition) is 0. The second-order valence-corrected chi connectivity index (χ2v) is 6.15. The van der Waals surface area contributed by atoms with Crippen LogP contribution in [-0.4, -0.2) is 16.1 Å². The first-order valence-corrected chi connectivity index (χ1v) is 7.94. The van der Waals surface area contributed by atoms with Gasteiger partial charge in [-0.3, -0.25) is 0 Å². The van der Waals surface area contributed by atoms with E-state index in [1.165, 1.54) is 17.7 Å². The van der Waals surface area contributed by atoms with Crippen molar-refractivity contribution in [2.75, 3.05) is 11.4 Å². The maximum Gasteiger partial charge on any atom is 0.126 e. The molecule has 5 heteroatoms. The summed E-state index contributed by atoms with van der Waals surface area (Å²) in [6.07, 6.45) is 6.46. The molecule has 0 N–H and O–H groups in total. The molecule has 1 atom stereocenters. The monoisotopic (exact) mass is 325 g/mol. The van der Waals surface area contributed by atoms with Crippen LogP contribution in [0.25, 0.3) is 0 Å². The molecule has 0 bridgehead atoms. The minimum Gasteiger partial charge on any atom is -0.365 e. The fourth-order valence-corrected chi connectivity index (χ4v) is 3.42. The molecule has 122 valence electrons. The second kappa shape index (κ2) is 6.07. The van der Waals surface area contributed by atoms with Gasteiger partial charge in [-0.25, -0.2) is 13.8 Å². The molecule has 0 saturated heterocycles. The number of anilines is 1. The van der Waals surface area contributed by atoms with E-state index in [2.05, 4.69) is 26.6 Å². The lowest BCUT2D eigenvalue weighted by atomic mass is 9.97. The minimum absolute atomic E-state index is 0.251. The van der Waals surface area contributed by atoms with E-state index in [9.17, 15) is 8.78 Å². The van der Waals surface area contributed by atoms with Crippen molar-refractivity contribution >= 4 is 5.69 Å². The Morgan fingerprint density at radius 2 is 1.88 bits per heavy atom. The van der Waals surface area contributed by atoms with Gasteiger partial charge in [-0.1, -0.05) is 18.2 Å². The van der Waals surface area contributed by atoms with Crippen molar-refractivity contribution < 1.29 is 8.78 Å². The van der Waals surface area contributed by atoms with Gasteiger partial charge < -0.3 is 9.47 Å². The average molecular weight is 325 g/mol. The van der Waals surface area contributed by atoms with E-state index in [-0.39, 0.29) is 6.04 Å². The molecule has 0 radical (unpaired) electrons. The normalized spacial score (nSPS) is 16.9. The predicted octanol–water partition coefficient (Wildman–Crippen LogP) is 3.97. The Morgan fingerprint density at radius 1 is 1.08 bits per heavy atom. The molecule has 3 nitrogen and oxygen atoms in total. The molecule has 0 fully saturated rings. The smallest absolute Gasteiger partial charge is 0.126 e. The summed E-state index contributed by atoms with van der Waals surface area (Å²) in [5, 5.41) is 0. The van der Waals surface area contributed by atoms with Crippen molar-refractivity contribution in [2.24, 2.45) is 0 Å². The molecule has 1 aromatic heterocycles. The third kappa shape index (κ3) is 2.89. The molecule has 2 aromatic carbocycles. The highest BCUT2D eigenvalue weighted by atomic mass is 19.1. The summed E-state index contributed by atoms with van der Waals surface area (Å²) in [7, 11) is 0. The van der Waals surface area contributed by atoms with Gasteiger partial charge in [-0.2, -0.15) is 0 Å². The molecular formula is C19H17F2N3. The zero-order chi connectivity index (χ0) is 16.5. The maximum atomic E-state index is 13.5. The van der Waals surface area contributed by atoms with Gasteiger partial charge in [0.25, 0.3) is 0 Å². The minimum atomic E-state index is -0.540. The van der Waals surface area contributed by atoms with Crippen molar-refractivity contribution in [3.05, 3.63) is 83.9 Å². The molecule has 0 amide bonds. The molecule has 3 aromatic rings. The third-order valence-electron chi connectivity index (χ3n) is 4.46. The highest BCUT2D eigenvalue weighted by molar-refractivity contribution is 5.56. The highest BCUT2D eigenvalue weighted by Gasteiger charge is 2.25. The molecule has 0 unspecified atom stereocenters. The van der Waals surface area contributed by atoms with E-state index in [0.29, 0.717) is 12.1 Å². The van der Waals surface area contributed by atoms with Crippen LogP contribution in [-0.2, 0) is 13.0 Å². The standard InChI is InChI=1S/C19H17F2N3/c20-16-7-14(8-17(21)10-16)11-24-12-18(23-6-5-22-13-23)9-15-3-1-2-4-19(15)24/h1-8,10,13,18H,9,11-12H2/t18-/m0/s1. The number of imidazole rings is 1. The van der Waals surface area contributed by atoms with Crippen LogP contribution < -0.4 is 4.90 Å². The van der Waals surface area contributed by atoms with Crippen molar-refractivity contribution in [3.8, 4) is 0 Å². The first-order valence-electron chi connectivity index (χ1n) is 7.94. The molecule has 4 rings (SSSR count). The number of aromatic nitrogens is 2. The SMILES string of the molecule is Fc1cc(F)cc(CN2C[C@@H](n3ccnc3)Cc3ccccc32)c1. The fraction of sp³-hybridized carbons (Fsp3) is 0.211. The summed E-state index contributed by atoms with van der Waals surface area (Å²) in [4.78, 5) is 6.31. The summed E-state index contributed by atoms with van der Waals surface area (Å²) in [6.45, 7) is 1.24. The van der Waals surface area contributed by atoms with Gasteiger partial charge in [0.1, 0.15) is 11.6 Å². The van der Waals surface area contributed by atoms with Gasteiger partial charge in [-0.15, -0.1) is 0 Å². The zero-order valence-corrected chi connectivity index (χ0v) is 13.1. The van der Waals surface area contributed by atoms with Gasteiger partial charge in [0.05, 0.1) is 12.4 Å². The second-order valence-electron chi connectivity index (χ2n) is 6.15. The number of benzene rings is 2. The van der Waals surface area contributed by atoms with E-state index in [1.54, 1.807) is 6.20 Å². The van der Waals surface area contributed by atoms with Crippen LogP contribution in [0.3, 0.4) is 0 Å². The number of nitrogens with zero attached hydrogens (tertiary/aromatic N) is 3. The Bertz CT molecular complexity index is 825. The molecule has 0 saturated carbocycles. The Labute approximate surface area is 139 Å². The summed E-state index contributed by atoms with van der Waals surface area (Å²) < 4.78 is 29.1. The molecule has 24 heavy (non-hydrogen) atoms. The zero-order valence-electron chi connectivity index (χ0n) is 13.1. The number of fused-ring (bicyclic) bond motifs is 1. The van der Waals surface area contributed by atoms with Crippen LogP contribution in [0.5, 0.6) is 0 Å². The van der Waals surface area contributed by atoms with Crippen molar-refractivity contribution in [3.63, 3.8) is 0 Å². The number of rotatable bonds is 3. The van der Waals surface area contributed by atoms with Gasteiger partial charge in [0.15, 0.2) is 0 Å². The Hall–Kier alpha value is -2.69. The lowest BCUT2D eigenvalue weighted by Crippen LogP contribution is -2.36. The molecule has 1 aliphatic heterocycles. The average Bonchev–Trinajstić information content (AvgIpc) is 3.08. The Morgan fingerprint density at radius 3 is 2.62 bits per heavy atom. The lowest BCUT2D eigenvalue weighted by Gasteiger charge is -2.36. The Kier molecular flexibility index (Phi) is 3.76. The van der Waals surface area contributed by atoms with Gasteiger partial charge in [-0.05, 0) is 35.7 Å². The van der Waals surface area contributed by atoms with Crippen molar-refractivity contribution in [1.82, 2.24) is 9.55 Å². The first kappa shape index (κ1) is 14.9. The largest absolute Gasteiger partial charge is 0.365 e. The van der Waals surface area contributed by atoms with E-state index in [4.69, 9.17) is 0 Å². The van der Waals surface area contributed by atoms with Crippen molar-refractivity contribution in [2.45, 2.75) is 19.0 Å². The summed E-state index contributed by atoms with van der Waals surface area (Å²) in [6, 6.07) is 12.1. The van der Waals surface area contributed by atoms with Crippen LogP contribution in [0.4, 0.5) is 14.5 Å². The van der Waals surface area contributed by atoms with Gasteiger partial charge >= 0.3 is 0 Å². The van der Waals surface area contributed by atoms with Gasteiger partial charge in [0, 0.05) is 37.2 Å². The van der Waals surface area contributed by atoms with Gasteiger partial charge in [0.2, 0.25) is 0 Å². The third-order valence-corrected chi connectivity index (χ3v) is 4.46. The first-order chi connectivity index (χ1) is 11.7. The van der Waals surface area contributed by atoms with E-state index in [0.717, 1.165) is 24.7 Å². The van der Waals surface area contributed by atoms with Crippen LogP contribution in [0.1, 0.15) is 17.2 Å². The van der Waals surface area contributed by atoms with Crippen LogP contribution in [0.2, 0.25) is 0 Å². The molecule has 1 aliphatic rings. The molecule has 2 heterocycles. The van der Waals surface area contributed by atoms with Crippen molar-refractivity contribution in [1.29, 1.82) is 0 Å². The maximum absolute atomic E-state index is 13.5. The summed E-state index contributed by atoms with van der Waals surface area (Å²) >= 11 is 0. The topological polar surface area (TPSA) is 21.1 Å². The van der Waals surface area contributed by atoms with E-state index >= 15 is 0 Å². The molecular weight excluding hydrogens is 308 g/mol.